The number of anilines is 1. The summed E-state index contributed by atoms with van der Waals surface area (Å²) in [4.78, 5) is 39.4. The molecule has 1 spiro atoms. The van der Waals surface area contributed by atoms with Crippen LogP contribution in [0.5, 0.6) is 5.75 Å². The van der Waals surface area contributed by atoms with Gasteiger partial charge in [-0.05, 0) is 49.9 Å². The number of aromatic nitrogens is 3. The van der Waals surface area contributed by atoms with E-state index >= 15 is 0 Å². The lowest BCUT2D eigenvalue weighted by atomic mass is 9.80. The molecule has 3 heterocycles. The molecule has 5 rings (SSSR count). The van der Waals surface area contributed by atoms with Crippen LogP contribution in [0.25, 0.3) is 0 Å². The van der Waals surface area contributed by atoms with E-state index in [1.807, 2.05) is 29.8 Å². The number of ether oxygens (including phenoxy) is 1. The molecule has 1 aliphatic carbocycles. The van der Waals surface area contributed by atoms with Crippen LogP contribution in [-0.2, 0) is 12.0 Å². The number of imidazole rings is 1. The first-order valence-electron chi connectivity index (χ1n) is 12.9. The van der Waals surface area contributed by atoms with Gasteiger partial charge < -0.3 is 24.4 Å². The first kappa shape index (κ1) is 25.7. The highest BCUT2D eigenvalue weighted by Gasteiger charge is 2.54. The van der Waals surface area contributed by atoms with Gasteiger partial charge in [-0.1, -0.05) is 0 Å². The van der Waals surface area contributed by atoms with Crippen LogP contribution in [0, 0.1) is 5.82 Å². The molecule has 0 saturated heterocycles. The fraction of sp³-hybridized carbons (Fsp3) is 0.429. The lowest BCUT2D eigenvalue weighted by Crippen LogP contribution is -2.46. The van der Waals surface area contributed by atoms with Gasteiger partial charge in [-0.15, -0.1) is 0 Å². The summed E-state index contributed by atoms with van der Waals surface area (Å²) in [6, 6.07) is 4.99. The lowest BCUT2D eigenvalue weighted by molar-refractivity contribution is 0.0632. The zero-order chi connectivity index (χ0) is 27.2. The molecule has 0 bridgehead atoms. The van der Waals surface area contributed by atoms with E-state index in [2.05, 4.69) is 15.3 Å². The zero-order valence-electron chi connectivity index (χ0n) is 22.4. The first-order valence-corrected chi connectivity index (χ1v) is 12.9. The second kappa shape index (κ2) is 9.74. The number of hydrogen-bond donors (Lipinski definition) is 1. The van der Waals surface area contributed by atoms with Crippen LogP contribution in [-0.4, -0.2) is 70.4 Å². The van der Waals surface area contributed by atoms with Crippen molar-refractivity contribution in [3.05, 3.63) is 70.6 Å². The monoisotopic (exact) mass is 520 g/mol. The molecule has 0 radical (unpaired) electrons. The summed E-state index contributed by atoms with van der Waals surface area (Å²) in [5.41, 5.74) is 3.06. The predicted molar refractivity (Wildman–Crippen MR) is 141 cm³/mol. The second-order valence-corrected chi connectivity index (χ2v) is 10.3. The van der Waals surface area contributed by atoms with Gasteiger partial charge in [-0.3, -0.25) is 14.6 Å². The number of nitrogens with one attached hydrogen (secondary N) is 1. The van der Waals surface area contributed by atoms with E-state index in [0.29, 0.717) is 42.5 Å². The Labute approximate surface area is 221 Å². The van der Waals surface area contributed by atoms with Gasteiger partial charge in [0.05, 0.1) is 31.1 Å². The molecule has 2 aliphatic rings. The smallest absolute Gasteiger partial charge is 0.254 e. The largest absolute Gasteiger partial charge is 0.491 e. The topological polar surface area (TPSA) is 92.6 Å². The summed E-state index contributed by atoms with van der Waals surface area (Å²) < 4.78 is 21.6. The molecule has 0 unspecified atom stereocenters. The van der Waals surface area contributed by atoms with Crippen molar-refractivity contribution >= 4 is 17.8 Å². The van der Waals surface area contributed by atoms with Gasteiger partial charge in [0.1, 0.15) is 0 Å². The quantitative estimate of drug-likeness (QED) is 0.485. The molecule has 200 valence electrons. The Morgan fingerprint density at radius 3 is 2.68 bits per heavy atom. The Morgan fingerprint density at radius 1 is 1.26 bits per heavy atom. The minimum atomic E-state index is -0.534. The maximum Gasteiger partial charge on any atom is 0.254 e. The number of pyridine rings is 1. The minimum Gasteiger partial charge on any atom is -0.491 e. The third-order valence-corrected chi connectivity index (χ3v) is 7.51. The highest BCUT2D eigenvalue weighted by atomic mass is 19.1. The first-order chi connectivity index (χ1) is 18.2. The molecular weight excluding hydrogens is 487 g/mol. The van der Waals surface area contributed by atoms with E-state index in [-0.39, 0.29) is 23.0 Å². The number of halogens is 1. The molecule has 38 heavy (non-hydrogen) atoms. The van der Waals surface area contributed by atoms with Crippen LogP contribution in [0.1, 0.15) is 70.3 Å². The number of carbonyl (C=O) groups is 2. The van der Waals surface area contributed by atoms with E-state index in [4.69, 9.17) is 4.74 Å². The Bertz CT molecular complexity index is 1400. The molecule has 1 aromatic carbocycles. The molecule has 3 aromatic rings. The van der Waals surface area contributed by atoms with Crippen molar-refractivity contribution in [2.75, 3.05) is 39.6 Å². The number of carbonyl (C=O) groups excluding carboxylic acids is 2. The average molecular weight is 521 g/mol. The van der Waals surface area contributed by atoms with E-state index in [1.54, 1.807) is 50.1 Å². The van der Waals surface area contributed by atoms with Crippen LogP contribution >= 0.6 is 0 Å². The van der Waals surface area contributed by atoms with Crippen molar-refractivity contribution in [2.24, 2.45) is 0 Å². The number of nitrogens with zero attached hydrogens (tertiary/aromatic N) is 5. The van der Waals surface area contributed by atoms with Gasteiger partial charge in [-0.2, -0.15) is 0 Å². The van der Waals surface area contributed by atoms with Crippen LogP contribution in [0.15, 0.2) is 36.8 Å². The number of fused-ring (bicyclic) bond motifs is 2. The van der Waals surface area contributed by atoms with Crippen molar-refractivity contribution in [1.82, 2.24) is 24.3 Å². The molecule has 1 N–H and O–H groups in total. The molecule has 9 nitrogen and oxygen atoms in total. The summed E-state index contributed by atoms with van der Waals surface area (Å²) in [5, 5.41) is 3.06. The molecule has 2 amide bonds. The lowest BCUT2D eigenvalue weighted by Gasteiger charge is -2.39. The highest BCUT2D eigenvalue weighted by Crippen LogP contribution is 2.55. The molecule has 1 aliphatic heterocycles. The van der Waals surface area contributed by atoms with Gasteiger partial charge >= 0.3 is 0 Å². The van der Waals surface area contributed by atoms with Crippen molar-refractivity contribution < 1.29 is 18.7 Å². The molecule has 1 fully saturated rings. The van der Waals surface area contributed by atoms with Gasteiger partial charge in [0.2, 0.25) is 5.95 Å². The Morgan fingerprint density at radius 2 is 2.03 bits per heavy atom. The predicted octanol–water partition coefficient (Wildman–Crippen LogP) is 3.86. The van der Waals surface area contributed by atoms with Crippen molar-refractivity contribution in [1.29, 1.82) is 0 Å². The number of hydrogen-bond acceptors (Lipinski definition) is 6. The molecular formula is C28H33FN6O3. The van der Waals surface area contributed by atoms with Gasteiger partial charge in [-0.25, -0.2) is 9.37 Å². The Kier molecular flexibility index (Phi) is 6.58. The van der Waals surface area contributed by atoms with E-state index < -0.39 is 11.9 Å². The van der Waals surface area contributed by atoms with Crippen LogP contribution in [0.3, 0.4) is 0 Å². The van der Waals surface area contributed by atoms with E-state index in [9.17, 15) is 14.0 Å². The third-order valence-electron chi connectivity index (χ3n) is 7.51. The molecule has 1 saturated carbocycles. The average Bonchev–Trinajstić information content (AvgIpc) is 3.53. The molecule has 10 heteroatoms. The minimum absolute atomic E-state index is 0.121. The fourth-order valence-electron chi connectivity index (χ4n) is 5.40. The number of amides is 2. The van der Waals surface area contributed by atoms with Crippen molar-refractivity contribution in [3.63, 3.8) is 0 Å². The maximum absolute atomic E-state index is 14.2. The number of rotatable bonds is 8. The van der Waals surface area contributed by atoms with Gasteiger partial charge in [0.15, 0.2) is 11.6 Å². The van der Waals surface area contributed by atoms with Gasteiger partial charge in [0.25, 0.3) is 11.8 Å². The van der Waals surface area contributed by atoms with Crippen LogP contribution in [0.2, 0.25) is 0 Å². The normalized spacial score (nSPS) is 16.3. The Balaban J connectivity index is 1.59. The van der Waals surface area contributed by atoms with Crippen LogP contribution < -0.4 is 10.1 Å². The maximum atomic E-state index is 14.2. The highest BCUT2D eigenvalue weighted by molar-refractivity contribution is 6.04. The zero-order valence-corrected chi connectivity index (χ0v) is 22.4. The van der Waals surface area contributed by atoms with E-state index in [1.165, 1.54) is 0 Å². The molecule has 2 aromatic heterocycles. The summed E-state index contributed by atoms with van der Waals surface area (Å²) in [5.74, 6) is -0.00487. The van der Waals surface area contributed by atoms with Gasteiger partial charge in [0, 0.05) is 62.7 Å². The fourth-order valence-corrected chi connectivity index (χ4v) is 5.40. The summed E-state index contributed by atoms with van der Waals surface area (Å²) >= 11 is 0. The Hall–Kier alpha value is -3.95. The third kappa shape index (κ3) is 4.37. The summed E-state index contributed by atoms with van der Waals surface area (Å²) in [6.45, 7) is 4.94. The standard InChI is InChI=1S/C28H33FN6O3/c1-6-38-23-13-22(32-14-21(23)29)17(2)35-16-28(7-8-28)24-19(25(36)33(4)5)11-18(12-20(24)26(35)37)15-34-10-9-31-27(34)30-3/h9-14,17H,6-8,15-16H2,1-5H3,(H,30,31)/t17-/m0/s1. The second-order valence-electron chi connectivity index (χ2n) is 10.3. The summed E-state index contributed by atoms with van der Waals surface area (Å²) in [7, 11) is 5.25. The number of benzene rings is 1. The molecule has 1 atom stereocenters. The van der Waals surface area contributed by atoms with E-state index in [0.717, 1.165) is 30.2 Å². The van der Waals surface area contributed by atoms with Crippen molar-refractivity contribution in [2.45, 2.75) is 44.7 Å². The SMILES string of the molecule is CCOc1cc([C@H](C)N2CC3(CC3)c3c(C(=O)N(C)C)cc(Cn4ccnc4NC)cc3C2=O)ncc1F. The van der Waals surface area contributed by atoms with Crippen molar-refractivity contribution in [3.8, 4) is 5.75 Å². The summed E-state index contributed by atoms with van der Waals surface area (Å²) in [6.07, 6.45) is 6.47. The van der Waals surface area contributed by atoms with Crippen LogP contribution in [0.4, 0.5) is 10.3 Å².